The number of hydrogen-bond acceptors (Lipinski definition) is 2. The third kappa shape index (κ3) is 4.27. The van der Waals surface area contributed by atoms with Crippen molar-refractivity contribution in [1.29, 1.82) is 0 Å². The van der Waals surface area contributed by atoms with Crippen LogP contribution in [-0.2, 0) is 4.43 Å². The highest BCUT2D eigenvalue weighted by molar-refractivity contribution is 6.84. The van der Waals surface area contributed by atoms with Crippen molar-refractivity contribution in [3.05, 3.63) is 65.1 Å². The summed E-state index contributed by atoms with van der Waals surface area (Å²) in [6, 6.07) is 11.9. The zero-order valence-electron chi connectivity index (χ0n) is 19.7. The fraction of sp³-hybridized carbons (Fsp3) is 0.458. The number of amides is 1. The largest absolute Gasteiger partial charge is 0.417 e. The summed E-state index contributed by atoms with van der Waals surface area (Å²) >= 11 is 0. The lowest BCUT2D eigenvalue weighted by molar-refractivity contribution is 0.0984. The molecule has 0 radical (unpaired) electrons. The van der Waals surface area contributed by atoms with E-state index in [-0.39, 0.29) is 10.9 Å². The van der Waals surface area contributed by atoms with E-state index in [1.165, 1.54) is 5.20 Å². The van der Waals surface area contributed by atoms with E-state index >= 15 is 0 Å². The Hall–Kier alpha value is -1.90. The number of aromatic nitrogens is 1. The topological polar surface area (TPSA) is 34.5 Å². The first kappa shape index (κ1) is 22.8. The molecule has 0 unspecified atom stereocenters. The Kier molecular flexibility index (Phi) is 6.06. The molecule has 0 saturated carbocycles. The van der Waals surface area contributed by atoms with Gasteiger partial charge in [-0.15, -0.1) is 0 Å². The van der Waals surface area contributed by atoms with Crippen LogP contribution in [0.4, 0.5) is 0 Å². The van der Waals surface area contributed by atoms with Crippen molar-refractivity contribution in [3.63, 3.8) is 0 Å². The first-order chi connectivity index (χ1) is 13.8. The van der Waals surface area contributed by atoms with Gasteiger partial charge in [0.05, 0.1) is 19.3 Å². The number of rotatable bonds is 6. The molecule has 0 aliphatic carbocycles. The summed E-state index contributed by atoms with van der Waals surface area (Å²) in [6.45, 7) is 19.2. The summed E-state index contributed by atoms with van der Waals surface area (Å²) in [5.74, 6) is 0.0397. The van der Waals surface area contributed by atoms with Crippen LogP contribution in [0, 0.1) is 0 Å². The molecular formula is C24H36N2O2Si2. The van der Waals surface area contributed by atoms with E-state index in [1.54, 1.807) is 0 Å². The van der Waals surface area contributed by atoms with Crippen LogP contribution in [0.1, 0.15) is 43.1 Å². The molecule has 1 aliphatic rings. The third-order valence-electron chi connectivity index (χ3n) is 6.45. The molecule has 6 heteroatoms. The van der Waals surface area contributed by atoms with Gasteiger partial charge in [0, 0.05) is 24.6 Å². The summed E-state index contributed by atoms with van der Waals surface area (Å²) in [4.78, 5) is 13.4. The summed E-state index contributed by atoms with van der Waals surface area (Å²) < 4.78 is 8.45. The van der Waals surface area contributed by atoms with E-state index in [9.17, 15) is 4.79 Å². The number of hydrogen-bond donors (Lipinski definition) is 0. The Bertz CT molecular complexity index is 948. The van der Waals surface area contributed by atoms with Crippen LogP contribution in [0.15, 0.2) is 54.0 Å². The second-order valence-electron chi connectivity index (χ2n) is 10.7. The standard InChI is InChI=1S/C24H36N2O2Si2/c1-24(2,3)30(7,8)28-18-15-21(29(4,5)6)22-19-13-9-10-14-20(19)23(27)26(22)25-16-11-12-17-25/h9-14,16-17H,15,18H2,1-8H3/b22-21-. The van der Waals surface area contributed by atoms with Crippen LogP contribution in [0.25, 0.3) is 5.70 Å². The highest BCUT2D eigenvalue weighted by Gasteiger charge is 2.40. The molecule has 1 aromatic heterocycles. The summed E-state index contributed by atoms with van der Waals surface area (Å²) in [5.41, 5.74) is 2.88. The number of carbonyl (C=O) groups is 1. The fourth-order valence-electron chi connectivity index (χ4n) is 3.65. The first-order valence-corrected chi connectivity index (χ1v) is 17.2. The van der Waals surface area contributed by atoms with Crippen molar-refractivity contribution >= 4 is 28.0 Å². The van der Waals surface area contributed by atoms with Crippen LogP contribution in [0.2, 0.25) is 37.8 Å². The first-order valence-electron chi connectivity index (χ1n) is 10.8. The van der Waals surface area contributed by atoms with Crippen molar-refractivity contribution in [1.82, 2.24) is 4.68 Å². The molecular weight excluding hydrogens is 404 g/mol. The minimum absolute atomic E-state index is 0.0397. The van der Waals surface area contributed by atoms with E-state index in [4.69, 9.17) is 4.43 Å². The van der Waals surface area contributed by atoms with Gasteiger partial charge in [-0.1, -0.05) is 63.8 Å². The van der Waals surface area contributed by atoms with Crippen molar-refractivity contribution in [2.45, 2.75) is 65.0 Å². The van der Waals surface area contributed by atoms with E-state index in [2.05, 4.69) is 59.6 Å². The molecule has 0 fully saturated rings. The second kappa shape index (κ2) is 7.98. The van der Waals surface area contributed by atoms with Gasteiger partial charge in [0.15, 0.2) is 8.32 Å². The van der Waals surface area contributed by atoms with Crippen molar-refractivity contribution in [3.8, 4) is 0 Å². The Morgan fingerprint density at radius 3 is 2.03 bits per heavy atom. The van der Waals surface area contributed by atoms with E-state index in [0.717, 1.165) is 23.2 Å². The summed E-state index contributed by atoms with van der Waals surface area (Å²) in [6.07, 6.45) is 4.74. The van der Waals surface area contributed by atoms with Gasteiger partial charge in [-0.3, -0.25) is 9.47 Å². The van der Waals surface area contributed by atoms with E-state index in [0.29, 0.717) is 6.61 Å². The van der Waals surface area contributed by atoms with Crippen molar-refractivity contribution in [2.24, 2.45) is 0 Å². The van der Waals surface area contributed by atoms with Crippen LogP contribution in [-0.4, -0.2) is 33.6 Å². The zero-order valence-corrected chi connectivity index (χ0v) is 21.7. The number of fused-ring (bicyclic) bond motifs is 1. The normalized spacial score (nSPS) is 16.8. The maximum absolute atomic E-state index is 13.4. The minimum atomic E-state index is -1.82. The Labute approximate surface area is 183 Å². The summed E-state index contributed by atoms with van der Waals surface area (Å²) in [5, 5.41) is 3.42. The number of benzene rings is 1. The predicted octanol–water partition coefficient (Wildman–Crippen LogP) is 6.28. The fourth-order valence-corrected chi connectivity index (χ4v) is 6.50. The molecule has 0 bridgehead atoms. The smallest absolute Gasteiger partial charge is 0.278 e. The van der Waals surface area contributed by atoms with Gasteiger partial charge in [-0.25, -0.2) is 5.01 Å². The molecule has 1 amide bonds. The van der Waals surface area contributed by atoms with Gasteiger partial charge < -0.3 is 4.43 Å². The molecule has 1 aliphatic heterocycles. The Morgan fingerprint density at radius 2 is 1.50 bits per heavy atom. The molecule has 162 valence electrons. The van der Waals surface area contributed by atoms with Crippen LogP contribution >= 0.6 is 0 Å². The Morgan fingerprint density at radius 1 is 0.933 bits per heavy atom. The average molecular weight is 441 g/mol. The van der Waals surface area contributed by atoms with Crippen LogP contribution in [0.3, 0.4) is 0 Å². The lowest BCUT2D eigenvalue weighted by Gasteiger charge is -2.37. The van der Waals surface area contributed by atoms with Crippen LogP contribution in [0.5, 0.6) is 0 Å². The second-order valence-corrected chi connectivity index (χ2v) is 20.6. The van der Waals surface area contributed by atoms with Gasteiger partial charge in [0.1, 0.15) is 0 Å². The Balaban J connectivity index is 2.07. The molecule has 0 atom stereocenters. The monoisotopic (exact) mass is 440 g/mol. The van der Waals surface area contributed by atoms with Gasteiger partial charge in [0.2, 0.25) is 0 Å². The molecule has 2 heterocycles. The SMILES string of the molecule is CC(C)(C)[Si](C)(C)OCC/C(=C1\c2ccccc2C(=O)N1n1cccc1)[Si](C)(C)C. The van der Waals surface area contributed by atoms with Gasteiger partial charge in [-0.2, -0.15) is 0 Å². The molecule has 3 rings (SSSR count). The van der Waals surface area contributed by atoms with Gasteiger partial charge >= 0.3 is 0 Å². The van der Waals surface area contributed by atoms with E-state index in [1.807, 2.05) is 52.4 Å². The predicted molar refractivity (Wildman–Crippen MR) is 131 cm³/mol. The molecule has 0 spiro atoms. The molecule has 30 heavy (non-hydrogen) atoms. The minimum Gasteiger partial charge on any atom is -0.417 e. The van der Waals surface area contributed by atoms with Gasteiger partial charge in [-0.05, 0) is 42.8 Å². The van der Waals surface area contributed by atoms with Crippen molar-refractivity contribution < 1.29 is 9.22 Å². The summed E-state index contributed by atoms with van der Waals surface area (Å²) in [7, 11) is -3.56. The molecule has 4 nitrogen and oxygen atoms in total. The quantitative estimate of drug-likeness (QED) is 0.495. The zero-order chi connectivity index (χ0) is 22.3. The molecule has 0 saturated heterocycles. The number of nitrogens with zero attached hydrogens (tertiary/aromatic N) is 2. The maximum Gasteiger partial charge on any atom is 0.278 e. The number of carbonyl (C=O) groups excluding carboxylic acids is 1. The molecule has 2 aromatic rings. The third-order valence-corrected chi connectivity index (χ3v) is 13.3. The average Bonchev–Trinajstić information content (AvgIpc) is 3.24. The highest BCUT2D eigenvalue weighted by Crippen LogP contribution is 2.40. The van der Waals surface area contributed by atoms with E-state index < -0.39 is 16.4 Å². The lowest BCUT2D eigenvalue weighted by atomic mass is 10.1. The van der Waals surface area contributed by atoms with Crippen LogP contribution < -0.4 is 5.01 Å². The lowest BCUT2D eigenvalue weighted by Crippen LogP contribution is -2.41. The van der Waals surface area contributed by atoms with Gasteiger partial charge in [0.25, 0.3) is 5.91 Å². The van der Waals surface area contributed by atoms with Crippen molar-refractivity contribution in [2.75, 3.05) is 11.6 Å². The molecule has 0 N–H and O–H groups in total. The highest BCUT2D eigenvalue weighted by atomic mass is 28.4. The maximum atomic E-state index is 13.4. The molecule has 1 aromatic carbocycles.